The van der Waals surface area contributed by atoms with Crippen LogP contribution in [0.25, 0.3) is 0 Å². The summed E-state index contributed by atoms with van der Waals surface area (Å²) in [5.74, 6) is 0.529. The van der Waals surface area contributed by atoms with E-state index in [1.54, 1.807) is 12.1 Å². The highest BCUT2D eigenvalue weighted by atomic mass is 16.5. The molecule has 0 aliphatic heterocycles. The first-order valence-electron chi connectivity index (χ1n) is 6.00. The van der Waals surface area contributed by atoms with E-state index in [2.05, 4.69) is 10.6 Å². The van der Waals surface area contributed by atoms with Crippen LogP contribution in [0.15, 0.2) is 18.2 Å². The van der Waals surface area contributed by atoms with E-state index in [0.717, 1.165) is 12.0 Å². The van der Waals surface area contributed by atoms with Crippen molar-refractivity contribution in [1.82, 2.24) is 10.6 Å². The monoisotopic (exact) mass is 252 g/mol. The Morgan fingerprint density at radius 2 is 2.22 bits per heavy atom. The van der Waals surface area contributed by atoms with E-state index < -0.39 is 0 Å². The minimum atomic E-state index is -0.0189. The van der Waals surface area contributed by atoms with E-state index in [1.165, 1.54) is 7.11 Å². The number of phenolic OH excluding ortho intramolecular Hbond substituents is 1. The Balaban J connectivity index is 2.35. The van der Waals surface area contributed by atoms with Gasteiger partial charge in [0.05, 0.1) is 13.7 Å². The van der Waals surface area contributed by atoms with Gasteiger partial charge in [0.1, 0.15) is 0 Å². The van der Waals surface area contributed by atoms with Gasteiger partial charge in [0.15, 0.2) is 11.5 Å². The summed E-state index contributed by atoms with van der Waals surface area (Å²) in [6, 6.07) is 5.16. The maximum atomic E-state index is 11.3. The molecule has 0 saturated carbocycles. The topological polar surface area (TPSA) is 70.6 Å². The molecule has 18 heavy (non-hydrogen) atoms. The molecule has 0 radical (unpaired) electrons. The van der Waals surface area contributed by atoms with Gasteiger partial charge >= 0.3 is 0 Å². The van der Waals surface area contributed by atoms with Crippen LogP contribution in [0.5, 0.6) is 11.5 Å². The lowest BCUT2D eigenvalue weighted by molar-refractivity contribution is -0.120. The van der Waals surface area contributed by atoms with Crippen molar-refractivity contribution in [2.45, 2.75) is 19.9 Å². The SMILES string of the molecule is CCCNC(=O)CNCc1ccc(OC)c(O)c1. The molecule has 5 heteroatoms. The molecular formula is C13H20N2O3. The molecule has 1 aromatic rings. The molecule has 0 fully saturated rings. The van der Waals surface area contributed by atoms with E-state index in [0.29, 0.717) is 18.8 Å². The fourth-order valence-electron chi connectivity index (χ4n) is 1.49. The molecule has 0 aliphatic rings. The zero-order valence-electron chi connectivity index (χ0n) is 10.8. The molecule has 0 bridgehead atoms. The van der Waals surface area contributed by atoms with E-state index in [1.807, 2.05) is 13.0 Å². The molecular weight excluding hydrogens is 232 g/mol. The van der Waals surface area contributed by atoms with Crippen molar-refractivity contribution in [3.05, 3.63) is 23.8 Å². The summed E-state index contributed by atoms with van der Waals surface area (Å²) in [5, 5.41) is 15.4. The van der Waals surface area contributed by atoms with Crippen LogP contribution >= 0.6 is 0 Å². The predicted octanol–water partition coefficient (Wildman–Crippen LogP) is 1.02. The van der Waals surface area contributed by atoms with Gasteiger partial charge in [0, 0.05) is 13.1 Å². The van der Waals surface area contributed by atoms with Crippen LogP contribution in [0.2, 0.25) is 0 Å². The standard InChI is InChI=1S/C13H20N2O3/c1-3-6-15-13(17)9-14-8-10-4-5-12(18-2)11(16)7-10/h4-5,7,14,16H,3,6,8-9H2,1-2H3,(H,15,17). The number of nitrogens with one attached hydrogen (secondary N) is 2. The number of aromatic hydroxyl groups is 1. The van der Waals surface area contributed by atoms with Crippen molar-refractivity contribution in [3.63, 3.8) is 0 Å². The lowest BCUT2D eigenvalue weighted by atomic mass is 10.2. The Hall–Kier alpha value is -1.75. The maximum absolute atomic E-state index is 11.3. The molecule has 1 aromatic carbocycles. The number of methoxy groups -OCH3 is 1. The van der Waals surface area contributed by atoms with Crippen LogP contribution in [0.3, 0.4) is 0 Å². The molecule has 0 heterocycles. The number of phenols is 1. The molecule has 3 N–H and O–H groups in total. The number of hydrogen-bond acceptors (Lipinski definition) is 4. The fourth-order valence-corrected chi connectivity index (χ4v) is 1.49. The Bertz CT molecular complexity index is 394. The lowest BCUT2D eigenvalue weighted by Crippen LogP contribution is -2.33. The summed E-state index contributed by atoms with van der Waals surface area (Å²) in [6.45, 7) is 3.50. The molecule has 1 rings (SSSR count). The first-order valence-corrected chi connectivity index (χ1v) is 6.00. The highest BCUT2D eigenvalue weighted by Crippen LogP contribution is 2.25. The maximum Gasteiger partial charge on any atom is 0.233 e. The number of amides is 1. The molecule has 0 atom stereocenters. The largest absolute Gasteiger partial charge is 0.504 e. The van der Waals surface area contributed by atoms with Gasteiger partial charge in [-0.2, -0.15) is 0 Å². The molecule has 0 saturated heterocycles. The average Bonchev–Trinajstić information content (AvgIpc) is 2.36. The van der Waals surface area contributed by atoms with Gasteiger partial charge in [-0.1, -0.05) is 13.0 Å². The zero-order valence-corrected chi connectivity index (χ0v) is 10.8. The van der Waals surface area contributed by atoms with E-state index in [9.17, 15) is 9.90 Å². The van der Waals surface area contributed by atoms with Gasteiger partial charge < -0.3 is 20.5 Å². The number of carbonyl (C=O) groups excluding carboxylic acids is 1. The quantitative estimate of drug-likeness (QED) is 0.677. The second-order valence-electron chi connectivity index (χ2n) is 3.96. The third kappa shape index (κ3) is 4.63. The molecule has 0 unspecified atom stereocenters. The smallest absolute Gasteiger partial charge is 0.233 e. The summed E-state index contributed by atoms with van der Waals surface area (Å²) in [6.07, 6.45) is 0.929. The van der Waals surface area contributed by atoms with Gasteiger partial charge in [-0.25, -0.2) is 0 Å². The van der Waals surface area contributed by atoms with Crippen LogP contribution in [0.1, 0.15) is 18.9 Å². The van der Waals surface area contributed by atoms with Crippen molar-refractivity contribution >= 4 is 5.91 Å². The summed E-state index contributed by atoms with van der Waals surface area (Å²) in [4.78, 5) is 11.3. The lowest BCUT2D eigenvalue weighted by Gasteiger charge is -2.08. The molecule has 100 valence electrons. The van der Waals surface area contributed by atoms with Gasteiger partial charge in [-0.3, -0.25) is 4.79 Å². The molecule has 1 amide bonds. The van der Waals surface area contributed by atoms with Crippen molar-refractivity contribution in [2.75, 3.05) is 20.2 Å². The van der Waals surface area contributed by atoms with Crippen LogP contribution < -0.4 is 15.4 Å². The van der Waals surface area contributed by atoms with Crippen molar-refractivity contribution < 1.29 is 14.6 Å². The summed E-state index contributed by atoms with van der Waals surface area (Å²) in [7, 11) is 1.51. The highest BCUT2D eigenvalue weighted by molar-refractivity contribution is 5.77. The second-order valence-corrected chi connectivity index (χ2v) is 3.96. The van der Waals surface area contributed by atoms with Crippen molar-refractivity contribution in [1.29, 1.82) is 0 Å². The second kappa shape index (κ2) is 7.55. The van der Waals surface area contributed by atoms with Gasteiger partial charge in [0.2, 0.25) is 5.91 Å². The zero-order chi connectivity index (χ0) is 13.4. The predicted molar refractivity (Wildman–Crippen MR) is 69.7 cm³/mol. The Morgan fingerprint density at radius 3 is 2.83 bits per heavy atom. The Labute approximate surface area is 107 Å². The highest BCUT2D eigenvalue weighted by Gasteiger charge is 2.03. The number of hydrogen-bond donors (Lipinski definition) is 3. The van der Waals surface area contributed by atoms with Gasteiger partial charge in [0.25, 0.3) is 0 Å². The van der Waals surface area contributed by atoms with Crippen LogP contribution in [-0.4, -0.2) is 31.2 Å². The molecule has 5 nitrogen and oxygen atoms in total. The van der Waals surface area contributed by atoms with Crippen molar-refractivity contribution in [3.8, 4) is 11.5 Å². The number of rotatable bonds is 7. The number of benzene rings is 1. The van der Waals surface area contributed by atoms with Crippen LogP contribution in [-0.2, 0) is 11.3 Å². The first-order chi connectivity index (χ1) is 8.67. The normalized spacial score (nSPS) is 10.1. The number of ether oxygens (including phenoxy) is 1. The third-order valence-electron chi connectivity index (χ3n) is 2.43. The van der Waals surface area contributed by atoms with Gasteiger partial charge in [-0.15, -0.1) is 0 Å². The minimum absolute atomic E-state index is 0.0189. The average molecular weight is 252 g/mol. The third-order valence-corrected chi connectivity index (χ3v) is 2.43. The first kappa shape index (κ1) is 14.3. The summed E-state index contributed by atoms with van der Waals surface area (Å²) >= 11 is 0. The van der Waals surface area contributed by atoms with Crippen LogP contribution in [0.4, 0.5) is 0 Å². The molecule has 0 aliphatic carbocycles. The molecule has 0 aromatic heterocycles. The fraction of sp³-hybridized carbons (Fsp3) is 0.462. The summed E-state index contributed by atoms with van der Waals surface area (Å²) in [5.41, 5.74) is 0.900. The minimum Gasteiger partial charge on any atom is -0.504 e. The van der Waals surface area contributed by atoms with E-state index in [4.69, 9.17) is 4.74 Å². The Morgan fingerprint density at radius 1 is 1.44 bits per heavy atom. The van der Waals surface area contributed by atoms with Gasteiger partial charge in [-0.05, 0) is 24.1 Å². The van der Waals surface area contributed by atoms with Crippen molar-refractivity contribution in [2.24, 2.45) is 0 Å². The molecule has 0 spiro atoms. The van der Waals surface area contributed by atoms with E-state index >= 15 is 0 Å². The van der Waals surface area contributed by atoms with Crippen LogP contribution in [0, 0.1) is 0 Å². The number of carbonyl (C=O) groups is 1. The van der Waals surface area contributed by atoms with E-state index in [-0.39, 0.29) is 18.2 Å². The summed E-state index contributed by atoms with van der Waals surface area (Å²) < 4.78 is 4.95. The Kier molecular flexibility index (Phi) is 6.00.